The van der Waals surface area contributed by atoms with Crippen molar-refractivity contribution >= 4 is 33.0 Å². The molecule has 1 aromatic heterocycles. The van der Waals surface area contributed by atoms with E-state index in [9.17, 15) is 8.42 Å². The fraction of sp³-hybridized carbons (Fsp3) is 0.0833. The molecule has 0 fully saturated rings. The van der Waals surface area contributed by atoms with E-state index in [0.717, 1.165) is 0 Å². The van der Waals surface area contributed by atoms with Gasteiger partial charge >= 0.3 is 0 Å². The van der Waals surface area contributed by atoms with Crippen molar-refractivity contribution < 1.29 is 8.42 Å². The normalized spacial score (nSPS) is 11.3. The van der Waals surface area contributed by atoms with E-state index in [4.69, 9.17) is 17.3 Å². The van der Waals surface area contributed by atoms with E-state index in [0.29, 0.717) is 16.9 Å². The first kappa shape index (κ1) is 13.6. The summed E-state index contributed by atoms with van der Waals surface area (Å²) in [7, 11) is -3.74. The predicted molar refractivity (Wildman–Crippen MR) is 75.6 cm³/mol. The number of nitrogens with zero attached hydrogens (tertiary/aromatic N) is 1. The topological polar surface area (TPSA) is 85.1 Å². The predicted octanol–water partition coefficient (Wildman–Crippen LogP) is 2.43. The third-order valence-corrected chi connectivity index (χ3v) is 4.29. The van der Waals surface area contributed by atoms with Crippen LogP contribution in [-0.2, 0) is 10.0 Å². The van der Waals surface area contributed by atoms with E-state index in [1.54, 1.807) is 25.3 Å². The van der Waals surface area contributed by atoms with E-state index >= 15 is 0 Å². The lowest BCUT2D eigenvalue weighted by Gasteiger charge is -2.12. The van der Waals surface area contributed by atoms with Gasteiger partial charge in [-0.25, -0.2) is 8.42 Å². The van der Waals surface area contributed by atoms with Gasteiger partial charge in [0.15, 0.2) is 0 Å². The summed E-state index contributed by atoms with van der Waals surface area (Å²) in [5.74, 6) is 0. The number of halogens is 1. The fourth-order valence-electron chi connectivity index (χ4n) is 1.59. The van der Waals surface area contributed by atoms with Crippen molar-refractivity contribution in [1.29, 1.82) is 0 Å². The molecule has 1 aromatic carbocycles. The summed E-state index contributed by atoms with van der Waals surface area (Å²) in [6.07, 6.45) is 2.97. The lowest BCUT2D eigenvalue weighted by Crippen LogP contribution is -2.15. The lowest BCUT2D eigenvalue weighted by molar-refractivity contribution is 0.600. The highest BCUT2D eigenvalue weighted by Gasteiger charge is 2.19. The molecule has 0 saturated carbocycles. The average molecular weight is 298 g/mol. The zero-order chi connectivity index (χ0) is 14.0. The first-order chi connectivity index (χ1) is 8.90. The summed E-state index contributed by atoms with van der Waals surface area (Å²) >= 11 is 5.85. The molecular formula is C12H12ClN3O2S. The lowest BCUT2D eigenvalue weighted by atomic mass is 10.2. The van der Waals surface area contributed by atoms with Gasteiger partial charge in [-0.3, -0.25) is 9.71 Å². The Labute approximate surface area is 116 Å². The van der Waals surface area contributed by atoms with Crippen LogP contribution in [0, 0.1) is 6.92 Å². The molecule has 5 nitrogen and oxygen atoms in total. The van der Waals surface area contributed by atoms with E-state index in [1.165, 1.54) is 18.3 Å². The summed E-state index contributed by atoms with van der Waals surface area (Å²) in [4.78, 5) is 3.90. The Morgan fingerprint density at radius 2 is 2.11 bits per heavy atom. The zero-order valence-corrected chi connectivity index (χ0v) is 11.7. The van der Waals surface area contributed by atoms with Crippen LogP contribution in [0.2, 0.25) is 5.02 Å². The quantitative estimate of drug-likeness (QED) is 0.852. The Kier molecular flexibility index (Phi) is 3.64. The van der Waals surface area contributed by atoms with Gasteiger partial charge in [-0.05, 0) is 36.8 Å². The number of benzene rings is 1. The van der Waals surface area contributed by atoms with Gasteiger partial charge in [-0.2, -0.15) is 0 Å². The first-order valence-electron chi connectivity index (χ1n) is 5.38. The van der Waals surface area contributed by atoms with Gasteiger partial charge in [-0.1, -0.05) is 11.6 Å². The Morgan fingerprint density at radius 3 is 2.74 bits per heavy atom. The van der Waals surface area contributed by atoms with Gasteiger partial charge in [0, 0.05) is 16.9 Å². The molecular weight excluding hydrogens is 286 g/mol. The third-order valence-electron chi connectivity index (χ3n) is 2.57. The van der Waals surface area contributed by atoms with E-state index in [-0.39, 0.29) is 9.92 Å². The number of pyridine rings is 1. The Balaban J connectivity index is 2.46. The van der Waals surface area contributed by atoms with Crippen molar-refractivity contribution in [3.8, 4) is 0 Å². The largest absolute Gasteiger partial charge is 0.398 e. The molecule has 2 aromatic rings. The molecule has 2 rings (SSSR count). The molecule has 0 atom stereocenters. The van der Waals surface area contributed by atoms with E-state index in [1.807, 2.05) is 0 Å². The molecule has 0 amide bonds. The Morgan fingerprint density at radius 1 is 1.37 bits per heavy atom. The number of anilines is 2. The summed E-state index contributed by atoms with van der Waals surface area (Å²) in [6.45, 7) is 1.63. The monoisotopic (exact) mass is 297 g/mol. The number of hydrogen-bond acceptors (Lipinski definition) is 4. The van der Waals surface area contributed by atoms with Crippen LogP contribution in [0.25, 0.3) is 0 Å². The zero-order valence-electron chi connectivity index (χ0n) is 10.1. The molecule has 19 heavy (non-hydrogen) atoms. The van der Waals surface area contributed by atoms with Gasteiger partial charge in [-0.15, -0.1) is 0 Å². The van der Waals surface area contributed by atoms with Crippen LogP contribution in [0.15, 0.2) is 41.6 Å². The van der Waals surface area contributed by atoms with Gasteiger partial charge in [0.05, 0.1) is 16.8 Å². The molecule has 0 saturated heterocycles. The maximum atomic E-state index is 12.3. The number of hydrogen-bond donors (Lipinski definition) is 2. The first-order valence-corrected chi connectivity index (χ1v) is 7.25. The van der Waals surface area contributed by atoms with Crippen LogP contribution in [0.4, 0.5) is 11.4 Å². The standard InChI is InChI=1S/C12H12ClN3O2S/c1-8-11(14)5-9(13)6-12(8)19(17,18)16-10-3-2-4-15-7-10/h2-7,16H,14H2,1H3. The molecule has 0 aliphatic heterocycles. The van der Waals surface area contributed by atoms with E-state index in [2.05, 4.69) is 9.71 Å². The molecule has 0 aliphatic rings. The van der Waals surface area contributed by atoms with Crippen LogP contribution >= 0.6 is 11.6 Å². The molecule has 3 N–H and O–H groups in total. The minimum Gasteiger partial charge on any atom is -0.398 e. The number of nitrogens with one attached hydrogen (secondary N) is 1. The number of sulfonamides is 1. The van der Waals surface area contributed by atoms with Crippen molar-refractivity contribution in [1.82, 2.24) is 4.98 Å². The second-order valence-electron chi connectivity index (χ2n) is 3.97. The van der Waals surface area contributed by atoms with Gasteiger partial charge in [0.2, 0.25) is 0 Å². The average Bonchev–Trinajstić information content (AvgIpc) is 2.34. The number of nitrogens with two attached hydrogens (primary N) is 1. The van der Waals surface area contributed by atoms with Crippen molar-refractivity contribution in [2.45, 2.75) is 11.8 Å². The number of aromatic nitrogens is 1. The van der Waals surface area contributed by atoms with E-state index < -0.39 is 10.0 Å². The summed E-state index contributed by atoms with van der Waals surface area (Å²) < 4.78 is 27.0. The second kappa shape index (κ2) is 5.07. The third kappa shape index (κ3) is 2.97. The highest BCUT2D eigenvalue weighted by Crippen LogP contribution is 2.27. The van der Waals surface area contributed by atoms with Crippen molar-refractivity contribution in [3.63, 3.8) is 0 Å². The minimum absolute atomic E-state index is 0.0568. The molecule has 0 radical (unpaired) electrons. The van der Waals surface area contributed by atoms with Gasteiger partial charge in [0.25, 0.3) is 10.0 Å². The molecule has 100 valence electrons. The molecule has 7 heteroatoms. The molecule has 0 spiro atoms. The van der Waals surface area contributed by atoms with Crippen LogP contribution in [-0.4, -0.2) is 13.4 Å². The van der Waals surface area contributed by atoms with Crippen LogP contribution in [0.1, 0.15) is 5.56 Å². The Hall–Kier alpha value is -1.79. The van der Waals surface area contributed by atoms with Crippen LogP contribution in [0.5, 0.6) is 0 Å². The Bertz CT molecular complexity index is 702. The SMILES string of the molecule is Cc1c(N)cc(Cl)cc1S(=O)(=O)Nc1cccnc1. The molecule has 0 bridgehead atoms. The molecule has 1 heterocycles. The number of rotatable bonds is 3. The van der Waals surface area contributed by atoms with Crippen molar-refractivity contribution in [2.75, 3.05) is 10.5 Å². The highest BCUT2D eigenvalue weighted by molar-refractivity contribution is 7.92. The van der Waals surface area contributed by atoms with Gasteiger partial charge < -0.3 is 5.73 Å². The van der Waals surface area contributed by atoms with Crippen LogP contribution < -0.4 is 10.5 Å². The minimum atomic E-state index is -3.74. The maximum Gasteiger partial charge on any atom is 0.262 e. The maximum absolute atomic E-state index is 12.3. The second-order valence-corrected chi connectivity index (χ2v) is 6.05. The molecule has 0 aliphatic carbocycles. The van der Waals surface area contributed by atoms with Crippen molar-refractivity contribution in [3.05, 3.63) is 47.2 Å². The smallest absolute Gasteiger partial charge is 0.262 e. The summed E-state index contributed by atoms with van der Waals surface area (Å²) in [6, 6.07) is 6.12. The molecule has 0 unspecified atom stereocenters. The summed E-state index contributed by atoms with van der Waals surface area (Å²) in [5.41, 5.74) is 6.89. The number of nitrogen functional groups attached to an aromatic ring is 1. The highest BCUT2D eigenvalue weighted by atomic mass is 35.5. The van der Waals surface area contributed by atoms with Crippen molar-refractivity contribution in [2.24, 2.45) is 0 Å². The van der Waals surface area contributed by atoms with Gasteiger partial charge in [0.1, 0.15) is 0 Å². The fourth-order valence-corrected chi connectivity index (χ4v) is 3.22. The van der Waals surface area contributed by atoms with Crippen LogP contribution in [0.3, 0.4) is 0 Å². The summed E-state index contributed by atoms with van der Waals surface area (Å²) in [5, 5.41) is 0.273.